The van der Waals surface area contributed by atoms with Crippen molar-refractivity contribution in [3.63, 3.8) is 0 Å². The molecule has 6 heteroatoms. The van der Waals surface area contributed by atoms with E-state index in [-0.39, 0.29) is 30.2 Å². The summed E-state index contributed by atoms with van der Waals surface area (Å²) in [5.41, 5.74) is 1.59. The molecule has 29 heavy (non-hydrogen) atoms. The van der Waals surface area contributed by atoms with Crippen LogP contribution in [0.4, 0.5) is 4.39 Å². The Kier molecular flexibility index (Phi) is 7.22. The second-order valence-corrected chi connectivity index (χ2v) is 7.34. The minimum absolute atomic E-state index is 0.00432. The molecule has 1 aliphatic heterocycles. The molecule has 2 aromatic rings. The van der Waals surface area contributed by atoms with Gasteiger partial charge in [-0.05, 0) is 49.4 Å². The van der Waals surface area contributed by atoms with E-state index in [1.807, 2.05) is 31.2 Å². The molecule has 2 aromatic carbocycles. The van der Waals surface area contributed by atoms with E-state index in [4.69, 9.17) is 4.74 Å². The van der Waals surface area contributed by atoms with Gasteiger partial charge in [0.1, 0.15) is 11.6 Å². The third kappa shape index (κ3) is 5.79. The molecule has 1 saturated heterocycles. The van der Waals surface area contributed by atoms with Crippen molar-refractivity contribution in [1.29, 1.82) is 0 Å². The molecular weight excluding hydrogens is 371 g/mol. The molecule has 0 bridgehead atoms. The van der Waals surface area contributed by atoms with Crippen LogP contribution < -0.4 is 10.1 Å². The summed E-state index contributed by atoms with van der Waals surface area (Å²) < 4.78 is 19.3. The van der Waals surface area contributed by atoms with E-state index >= 15 is 0 Å². The third-order valence-corrected chi connectivity index (χ3v) is 5.31. The minimum Gasteiger partial charge on any atom is -0.484 e. The Morgan fingerprint density at radius 2 is 1.79 bits per heavy atom. The lowest BCUT2D eigenvalue weighted by atomic mass is 9.96. The van der Waals surface area contributed by atoms with Crippen LogP contribution in [0.3, 0.4) is 0 Å². The Balaban J connectivity index is 1.38. The summed E-state index contributed by atoms with van der Waals surface area (Å²) in [5, 5.41) is 2.89. The van der Waals surface area contributed by atoms with E-state index in [2.05, 4.69) is 5.32 Å². The van der Waals surface area contributed by atoms with Gasteiger partial charge in [-0.2, -0.15) is 0 Å². The second kappa shape index (κ2) is 10.0. The van der Waals surface area contributed by atoms with E-state index in [0.29, 0.717) is 50.2 Å². The van der Waals surface area contributed by atoms with E-state index in [1.165, 1.54) is 6.07 Å². The number of carbonyl (C=O) groups excluding carboxylic acids is 2. The highest BCUT2D eigenvalue weighted by molar-refractivity contribution is 5.80. The fraction of sp³-hybridized carbons (Fsp3) is 0.391. The smallest absolute Gasteiger partial charge is 0.260 e. The summed E-state index contributed by atoms with van der Waals surface area (Å²) >= 11 is 0. The summed E-state index contributed by atoms with van der Waals surface area (Å²) in [4.78, 5) is 26.5. The van der Waals surface area contributed by atoms with Crippen LogP contribution in [0.25, 0.3) is 0 Å². The Bertz CT molecular complexity index is 848. The van der Waals surface area contributed by atoms with Crippen LogP contribution in [0, 0.1) is 18.7 Å². The molecule has 5 nitrogen and oxygen atoms in total. The summed E-state index contributed by atoms with van der Waals surface area (Å²) in [5.74, 6) is 0.264. The topological polar surface area (TPSA) is 58.6 Å². The van der Waals surface area contributed by atoms with Crippen LogP contribution in [0.15, 0.2) is 48.5 Å². The lowest BCUT2D eigenvalue weighted by Crippen LogP contribution is -2.44. The highest BCUT2D eigenvalue weighted by Crippen LogP contribution is 2.19. The largest absolute Gasteiger partial charge is 0.484 e. The molecule has 0 atom stereocenters. The van der Waals surface area contributed by atoms with Gasteiger partial charge < -0.3 is 15.0 Å². The first-order valence-corrected chi connectivity index (χ1v) is 10.0. The molecule has 1 heterocycles. The van der Waals surface area contributed by atoms with E-state index in [0.717, 1.165) is 5.56 Å². The van der Waals surface area contributed by atoms with Gasteiger partial charge in [-0.15, -0.1) is 0 Å². The Labute approximate surface area is 170 Å². The maximum atomic E-state index is 13.6. The van der Waals surface area contributed by atoms with Gasteiger partial charge in [0, 0.05) is 25.6 Å². The van der Waals surface area contributed by atoms with Crippen molar-refractivity contribution in [3.05, 3.63) is 65.5 Å². The van der Waals surface area contributed by atoms with Crippen molar-refractivity contribution in [2.45, 2.75) is 26.2 Å². The molecule has 3 rings (SSSR count). The number of aryl methyl sites for hydroxylation is 1. The number of hydrogen-bond acceptors (Lipinski definition) is 3. The standard InChI is InChI=1S/C23H27FN2O3/c1-17-6-2-5-9-21(17)29-16-22(27)26-14-11-19(12-15-26)23(28)25-13-10-18-7-3-4-8-20(18)24/h2-9,19H,10-16H2,1H3,(H,25,28). The fourth-order valence-electron chi connectivity index (χ4n) is 3.51. The molecule has 0 saturated carbocycles. The van der Waals surface area contributed by atoms with Crippen molar-refractivity contribution in [2.75, 3.05) is 26.2 Å². The van der Waals surface area contributed by atoms with Gasteiger partial charge in [0.25, 0.3) is 5.91 Å². The molecule has 0 unspecified atom stereocenters. The van der Waals surface area contributed by atoms with Gasteiger partial charge in [0.2, 0.25) is 5.91 Å². The van der Waals surface area contributed by atoms with E-state index in [9.17, 15) is 14.0 Å². The number of nitrogens with one attached hydrogen (secondary N) is 1. The number of hydrogen-bond donors (Lipinski definition) is 1. The Morgan fingerprint density at radius 1 is 1.10 bits per heavy atom. The molecule has 154 valence electrons. The normalized spacial score (nSPS) is 14.5. The number of piperidine rings is 1. The predicted octanol–water partition coefficient (Wildman–Crippen LogP) is 3.11. The van der Waals surface area contributed by atoms with E-state index in [1.54, 1.807) is 23.1 Å². The number of ether oxygens (including phenoxy) is 1. The van der Waals surface area contributed by atoms with Gasteiger partial charge in [-0.25, -0.2) is 4.39 Å². The average Bonchev–Trinajstić information content (AvgIpc) is 2.74. The number of para-hydroxylation sites is 1. The molecule has 0 aliphatic carbocycles. The predicted molar refractivity (Wildman–Crippen MR) is 109 cm³/mol. The van der Waals surface area contributed by atoms with Crippen molar-refractivity contribution in [3.8, 4) is 5.75 Å². The maximum Gasteiger partial charge on any atom is 0.260 e. The molecule has 2 amide bonds. The molecule has 1 fully saturated rings. The minimum atomic E-state index is -0.249. The number of carbonyl (C=O) groups is 2. The van der Waals surface area contributed by atoms with Crippen molar-refractivity contribution < 1.29 is 18.7 Å². The molecule has 0 aromatic heterocycles. The lowest BCUT2D eigenvalue weighted by Gasteiger charge is -2.31. The highest BCUT2D eigenvalue weighted by Gasteiger charge is 2.27. The monoisotopic (exact) mass is 398 g/mol. The van der Waals surface area contributed by atoms with Crippen molar-refractivity contribution in [1.82, 2.24) is 10.2 Å². The number of halogens is 1. The van der Waals surface area contributed by atoms with Gasteiger partial charge in [-0.3, -0.25) is 9.59 Å². The zero-order valence-corrected chi connectivity index (χ0v) is 16.7. The summed E-state index contributed by atoms with van der Waals surface area (Å²) in [6.07, 6.45) is 1.72. The van der Waals surface area contributed by atoms with Crippen molar-refractivity contribution >= 4 is 11.8 Å². The molecule has 0 spiro atoms. The summed E-state index contributed by atoms with van der Waals surface area (Å²) in [7, 11) is 0. The molecule has 0 radical (unpaired) electrons. The van der Waals surface area contributed by atoms with Gasteiger partial charge in [0.15, 0.2) is 6.61 Å². The number of rotatable bonds is 7. The van der Waals surface area contributed by atoms with E-state index < -0.39 is 0 Å². The zero-order chi connectivity index (χ0) is 20.6. The van der Waals surface area contributed by atoms with Crippen LogP contribution in [0.1, 0.15) is 24.0 Å². The Morgan fingerprint density at radius 3 is 2.52 bits per heavy atom. The zero-order valence-electron chi connectivity index (χ0n) is 16.7. The summed E-state index contributed by atoms with van der Waals surface area (Å²) in [6, 6.07) is 14.2. The van der Waals surface area contributed by atoms with Crippen LogP contribution in [-0.4, -0.2) is 43.0 Å². The first kappa shape index (κ1) is 20.8. The third-order valence-electron chi connectivity index (χ3n) is 5.31. The fourth-order valence-corrected chi connectivity index (χ4v) is 3.51. The number of nitrogens with zero attached hydrogens (tertiary/aromatic N) is 1. The van der Waals surface area contributed by atoms with Gasteiger partial charge >= 0.3 is 0 Å². The van der Waals surface area contributed by atoms with Crippen LogP contribution >= 0.6 is 0 Å². The van der Waals surface area contributed by atoms with Crippen LogP contribution in [-0.2, 0) is 16.0 Å². The first-order chi connectivity index (χ1) is 14.0. The second-order valence-electron chi connectivity index (χ2n) is 7.34. The summed E-state index contributed by atoms with van der Waals surface area (Å²) in [6.45, 7) is 3.44. The molecule has 1 N–H and O–H groups in total. The Hall–Kier alpha value is -2.89. The van der Waals surface area contributed by atoms with Gasteiger partial charge in [0.05, 0.1) is 0 Å². The lowest BCUT2D eigenvalue weighted by molar-refractivity contribution is -0.137. The number of benzene rings is 2. The average molecular weight is 398 g/mol. The highest BCUT2D eigenvalue weighted by atomic mass is 19.1. The SMILES string of the molecule is Cc1ccccc1OCC(=O)N1CCC(C(=O)NCCc2ccccc2F)CC1. The van der Waals surface area contributed by atoms with Crippen molar-refractivity contribution in [2.24, 2.45) is 5.92 Å². The van der Waals surface area contributed by atoms with Crippen LogP contribution in [0.2, 0.25) is 0 Å². The first-order valence-electron chi connectivity index (χ1n) is 10.0. The van der Waals surface area contributed by atoms with Gasteiger partial charge in [-0.1, -0.05) is 36.4 Å². The maximum absolute atomic E-state index is 13.6. The van der Waals surface area contributed by atoms with Crippen LogP contribution in [0.5, 0.6) is 5.75 Å². The number of amides is 2. The molecular formula is C23H27FN2O3. The molecule has 1 aliphatic rings. The quantitative estimate of drug-likeness (QED) is 0.780. The number of likely N-dealkylation sites (tertiary alicyclic amines) is 1.